The first-order chi connectivity index (χ1) is 21.2. The zero-order valence-electron chi connectivity index (χ0n) is 23.9. The van der Waals surface area contributed by atoms with E-state index in [2.05, 4.69) is 0 Å². The van der Waals surface area contributed by atoms with Crippen molar-refractivity contribution in [2.75, 3.05) is 18.0 Å². The van der Waals surface area contributed by atoms with Crippen molar-refractivity contribution < 1.29 is 23.5 Å². The van der Waals surface area contributed by atoms with Crippen LogP contribution in [-0.4, -0.2) is 51.0 Å². The standard InChI is InChI=1S/C30H26Cl3F2N5O4S/c1-15(2)38-9-4-10-39(29(38)44)21-11-16-14-40(20(7-8-36)17(16)12-22(21)41)28(43)25-23(13-24(30(33,34)35)37-27(25)42)45-26-18(31)5-3-6-19(26)32/h3,5-6,11-13,15,20,41H,4,7,9-10,14H2,1-2H3,(H,37,42). The minimum Gasteiger partial charge on any atom is -0.506 e. The highest BCUT2D eigenvalue weighted by Crippen LogP contribution is 2.45. The first kappa shape index (κ1) is 32.9. The number of phenols is 1. The monoisotopic (exact) mass is 695 g/mol. The molecule has 2 N–H and O–H groups in total. The van der Waals surface area contributed by atoms with Crippen LogP contribution in [0.2, 0.25) is 10.0 Å². The molecule has 0 spiro atoms. The number of carbonyl (C=O) groups is 2. The molecule has 0 bridgehead atoms. The minimum atomic E-state index is -3.96. The number of aromatic hydroxyl groups is 1. The Labute approximate surface area is 276 Å². The molecule has 3 amide bonds. The number of benzene rings is 2. The molecule has 1 atom stereocenters. The summed E-state index contributed by atoms with van der Waals surface area (Å²) in [5.41, 5.74) is -1.29. The molecular weight excluding hydrogens is 671 g/mol. The van der Waals surface area contributed by atoms with Crippen LogP contribution >= 0.6 is 46.6 Å². The molecule has 2 aliphatic heterocycles. The predicted octanol–water partition coefficient (Wildman–Crippen LogP) is 7.48. The van der Waals surface area contributed by atoms with Gasteiger partial charge in [0, 0.05) is 35.5 Å². The maximum atomic E-state index is 14.2. The van der Waals surface area contributed by atoms with Gasteiger partial charge in [-0.2, -0.15) is 14.0 Å². The maximum Gasteiger partial charge on any atom is 0.362 e. The van der Waals surface area contributed by atoms with E-state index in [9.17, 15) is 33.5 Å². The van der Waals surface area contributed by atoms with Crippen LogP contribution in [0.5, 0.6) is 5.75 Å². The lowest BCUT2D eigenvalue weighted by Gasteiger charge is -2.38. The molecule has 3 heterocycles. The lowest BCUT2D eigenvalue weighted by Crippen LogP contribution is -2.52. The molecule has 2 aliphatic rings. The molecule has 3 aromatic rings. The van der Waals surface area contributed by atoms with Crippen LogP contribution in [0.1, 0.15) is 59.9 Å². The molecule has 1 fully saturated rings. The second-order valence-electron chi connectivity index (χ2n) is 10.8. The van der Waals surface area contributed by atoms with Gasteiger partial charge in [0.25, 0.3) is 11.5 Å². The van der Waals surface area contributed by atoms with Crippen molar-refractivity contribution in [3.8, 4) is 11.8 Å². The van der Waals surface area contributed by atoms with Gasteiger partial charge in [-0.1, -0.05) is 41.0 Å². The van der Waals surface area contributed by atoms with E-state index in [4.69, 9.17) is 34.8 Å². The van der Waals surface area contributed by atoms with Gasteiger partial charge in [-0.15, -0.1) is 0 Å². The van der Waals surface area contributed by atoms with Crippen molar-refractivity contribution in [1.29, 1.82) is 5.26 Å². The number of rotatable bonds is 7. The SMILES string of the molecule is CC(C)N1CCCN(c2cc3c(cc2O)C(CC#N)N(C(=O)c2c(Sc4c(Cl)cccc4Cl)cc(C(F)(F)Cl)[nH]c2=O)C3)C1=O. The number of fused-ring (bicyclic) bond motifs is 1. The van der Waals surface area contributed by atoms with Gasteiger partial charge < -0.3 is 19.9 Å². The number of carbonyl (C=O) groups excluding carboxylic acids is 2. The van der Waals surface area contributed by atoms with Crippen molar-refractivity contribution in [1.82, 2.24) is 14.8 Å². The fourth-order valence-corrected chi connectivity index (χ4v) is 7.28. The second-order valence-corrected chi connectivity index (χ2v) is 13.2. The van der Waals surface area contributed by atoms with Gasteiger partial charge in [-0.3, -0.25) is 14.5 Å². The van der Waals surface area contributed by atoms with Gasteiger partial charge in [0.1, 0.15) is 17.0 Å². The summed E-state index contributed by atoms with van der Waals surface area (Å²) in [7, 11) is 0. The molecule has 5 rings (SSSR count). The van der Waals surface area contributed by atoms with Crippen LogP contribution in [0.3, 0.4) is 0 Å². The Morgan fingerprint density at radius 1 is 1.20 bits per heavy atom. The Hall–Kier alpha value is -3.50. The molecule has 1 aromatic heterocycles. The van der Waals surface area contributed by atoms with E-state index in [-0.39, 0.29) is 56.3 Å². The number of hydrogen-bond acceptors (Lipinski definition) is 6. The number of anilines is 1. The van der Waals surface area contributed by atoms with E-state index in [1.165, 1.54) is 28.0 Å². The number of phenolic OH excluding ortho intramolecular Hbond substituents is 1. The van der Waals surface area contributed by atoms with E-state index in [1.54, 1.807) is 17.0 Å². The largest absolute Gasteiger partial charge is 0.506 e. The summed E-state index contributed by atoms with van der Waals surface area (Å²) in [4.78, 5) is 47.2. The molecule has 9 nitrogen and oxygen atoms in total. The average Bonchev–Trinajstić information content (AvgIpc) is 3.31. The molecule has 45 heavy (non-hydrogen) atoms. The molecule has 0 radical (unpaired) electrons. The Morgan fingerprint density at radius 3 is 2.51 bits per heavy atom. The van der Waals surface area contributed by atoms with Crippen molar-refractivity contribution in [3.63, 3.8) is 0 Å². The van der Waals surface area contributed by atoms with Gasteiger partial charge in [-0.25, -0.2) is 4.79 Å². The highest BCUT2D eigenvalue weighted by atomic mass is 35.5. The Bertz CT molecular complexity index is 1770. The van der Waals surface area contributed by atoms with E-state index in [0.29, 0.717) is 30.6 Å². The summed E-state index contributed by atoms with van der Waals surface area (Å²) in [5.74, 6) is -1.06. The summed E-state index contributed by atoms with van der Waals surface area (Å²) in [6.45, 7) is 4.65. The molecule has 0 saturated carbocycles. The number of amides is 3. The van der Waals surface area contributed by atoms with E-state index in [1.807, 2.05) is 24.9 Å². The number of nitrogens with one attached hydrogen (secondary N) is 1. The summed E-state index contributed by atoms with van der Waals surface area (Å²) >= 11 is 18.6. The van der Waals surface area contributed by atoms with Crippen molar-refractivity contribution in [3.05, 3.63) is 79.2 Å². The molecule has 236 valence electrons. The first-order valence-electron chi connectivity index (χ1n) is 13.8. The highest BCUT2D eigenvalue weighted by molar-refractivity contribution is 7.99. The number of pyridine rings is 1. The number of aromatic amines is 1. The zero-order valence-corrected chi connectivity index (χ0v) is 27.0. The highest BCUT2D eigenvalue weighted by Gasteiger charge is 2.40. The summed E-state index contributed by atoms with van der Waals surface area (Å²) in [6.07, 6.45) is 0.480. The third-order valence-electron chi connectivity index (χ3n) is 7.68. The van der Waals surface area contributed by atoms with Crippen LogP contribution in [0.4, 0.5) is 19.3 Å². The van der Waals surface area contributed by atoms with Gasteiger partial charge in [-0.05, 0) is 73.3 Å². The smallest absolute Gasteiger partial charge is 0.362 e. The minimum absolute atomic E-state index is 0.0547. The molecular formula is C30H26Cl3F2N5O4S. The number of hydrogen-bond donors (Lipinski definition) is 2. The number of halogens is 5. The van der Waals surface area contributed by atoms with Crippen molar-refractivity contribution in [2.45, 2.75) is 60.5 Å². The third-order valence-corrected chi connectivity index (χ3v) is 9.92. The van der Waals surface area contributed by atoms with Crippen LogP contribution < -0.4 is 10.5 Å². The summed E-state index contributed by atoms with van der Waals surface area (Å²) in [6, 6.07) is 9.33. The lowest BCUT2D eigenvalue weighted by molar-refractivity contribution is 0.0684. The third kappa shape index (κ3) is 6.31. The molecule has 1 unspecified atom stereocenters. The molecule has 2 aromatic carbocycles. The van der Waals surface area contributed by atoms with E-state index < -0.39 is 34.1 Å². The quantitative estimate of drug-likeness (QED) is 0.247. The number of aromatic nitrogens is 1. The van der Waals surface area contributed by atoms with Gasteiger partial charge >= 0.3 is 11.4 Å². The number of H-pyrrole nitrogens is 1. The summed E-state index contributed by atoms with van der Waals surface area (Å²) in [5, 5.41) is 17.1. The van der Waals surface area contributed by atoms with Crippen molar-refractivity contribution >= 4 is 64.2 Å². The zero-order chi connectivity index (χ0) is 32.8. The van der Waals surface area contributed by atoms with Gasteiger partial charge in [0.05, 0.1) is 34.3 Å². The number of alkyl halides is 3. The van der Waals surface area contributed by atoms with Crippen LogP contribution in [0.15, 0.2) is 51.0 Å². The number of nitrogens with zero attached hydrogens (tertiary/aromatic N) is 4. The fourth-order valence-electron chi connectivity index (χ4n) is 5.53. The average molecular weight is 697 g/mol. The van der Waals surface area contributed by atoms with Crippen LogP contribution in [0.25, 0.3) is 0 Å². The lowest BCUT2D eigenvalue weighted by atomic mass is 10.0. The fraction of sp³-hybridized carbons (Fsp3) is 0.333. The normalized spacial score (nSPS) is 16.7. The Morgan fingerprint density at radius 2 is 1.89 bits per heavy atom. The number of nitriles is 1. The van der Waals surface area contributed by atoms with Gasteiger partial charge in [0.2, 0.25) is 0 Å². The van der Waals surface area contributed by atoms with Gasteiger partial charge in [0.15, 0.2) is 0 Å². The molecule has 15 heteroatoms. The summed E-state index contributed by atoms with van der Waals surface area (Å²) < 4.78 is 28.3. The number of urea groups is 1. The molecule has 0 aliphatic carbocycles. The Balaban J connectivity index is 1.57. The molecule has 1 saturated heterocycles. The van der Waals surface area contributed by atoms with E-state index in [0.717, 1.165) is 17.8 Å². The van der Waals surface area contributed by atoms with E-state index >= 15 is 0 Å². The maximum absolute atomic E-state index is 14.2. The van der Waals surface area contributed by atoms with Crippen molar-refractivity contribution in [2.24, 2.45) is 0 Å². The Kier molecular flexibility index (Phi) is 9.29. The van der Waals surface area contributed by atoms with Crippen LogP contribution in [0, 0.1) is 11.3 Å². The first-order valence-corrected chi connectivity index (χ1v) is 15.8. The predicted molar refractivity (Wildman–Crippen MR) is 168 cm³/mol. The second kappa shape index (κ2) is 12.7. The topological polar surface area (TPSA) is 121 Å². The van der Waals surface area contributed by atoms with Crippen LogP contribution in [-0.2, 0) is 11.9 Å².